The Morgan fingerprint density at radius 3 is 2.60 bits per heavy atom. The Kier molecular flexibility index (Phi) is 7.53. The predicted octanol–water partition coefficient (Wildman–Crippen LogP) is 1.37. The van der Waals surface area contributed by atoms with Crippen molar-refractivity contribution in [2.24, 2.45) is 5.92 Å². The molecule has 1 fully saturated rings. The number of hydrogen-bond acceptors (Lipinski definition) is 5. The predicted molar refractivity (Wildman–Crippen MR) is 93.0 cm³/mol. The Balaban J connectivity index is 1.84. The van der Waals surface area contributed by atoms with Crippen LogP contribution in [0.1, 0.15) is 30.6 Å². The lowest BCUT2D eigenvalue weighted by Crippen LogP contribution is -2.39. The van der Waals surface area contributed by atoms with E-state index in [2.05, 4.69) is 10.6 Å². The summed E-state index contributed by atoms with van der Waals surface area (Å²) in [6.07, 6.45) is 0.957. The van der Waals surface area contributed by atoms with Crippen molar-refractivity contribution in [1.82, 2.24) is 10.6 Å². The van der Waals surface area contributed by atoms with Gasteiger partial charge in [-0.05, 0) is 38.5 Å². The van der Waals surface area contributed by atoms with Crippen molar-refractivity contribution >= 4 is 11.8 Å². The number of hydrogen-bond donors (Lipinski definition) is 2. The number of amides is 2. The van der Waals surface area contributed by atoms with Crippen LogP contribution in [0.2, 0.25) is 0 Å². The Morgan fingerprint density at radius 1 is 1.16 bits per heavy atom. The van der Waals surface area contributed by atoms with Gasteiger partial charge in [-0.2, -0.15) is 0 Å². The zero-order valence-corrected chi connectivity index (χ0v) is 14.8. The summed E-state index contributed by atoms with van der Waals surface area (Å²) in [5.41, 5.74) is 0.420. The van der Waals surface area contributed by atoms with Crippen LogP contribution in [-0.4, -0.2) is 51.3 Å². The van der Waals surface area contributed by atoms with Crippen molar-refractivity contribution in [1.29, 1.82) is 0 Å². The zero-order chi connectivity index (χ0) is 18.1. The van der Waals surface area contributed by atoms with Gasteiger partial charge >= 0.3 is 0 Å². The number of rotatable bonds is 9. The second-order valence-electron chi connectivity index (χ2n) is 5.74. The third kappa shape index (κ3) is 5.94. The van der Waals surface area contributed by atoms with Gasteiger partial charge < -0.3 is 24.8 Å². The molecule has 25 heavy (non-hydrogen) atoms. The molecule has 1 heterocycles. The van der Waals surface area contributed by atoms with Crippen LogP contribution in [0.15, 0.2) is 18.2 Å². The Morgan fingerprint density at radius 2 is 1.92 bits per heavy atom. The Labute approximate surface area is 148 Å². The number of nitrogens with one attached hydrogen (secondary N) is 2. The van der Waals surface area contributed by atoms with Crippen LogP contribution in [0.3, 0.4) is 0 Å². The minimum atomic E-state index is -0.330. The molecule has 7 nitrogen and oxygen atoms in total. The molecule has 0 bridgehead atoms. The number of carbonyl (C=O) groups excluding carboxylic acids is 2. The third-order valence-corrected chi connectivity index (χ3v) is 3.83. The molecular weight excluding hydrogens is 324 g/mol. The molecule has 0 spiro atoms. The largest absolute Gasteiger partial charge is 0.490 e. The standard InChI is InChI=1S/C18H26N2O5/c1-3-24-15-6-5-14(9-16(15)25-4-2)18(22)20-11-17(21)19-10-13-7-8-23-12-13/h5-6,9,13H,3-4,7-8,10-12H2,1-2H3,(H,19,21)(H,20,22). The smallest absolute Gasteiger partial charge is 0.251 e. The number of ether oxygens (including phenoxy) is 3. The molecule has 2 N–H and O–H groups in total. The molecule has 0 radical (unpaired) electrons. The van der Waals surface area contributed by atoms with Gasteiger partial charge in [0.15, 0.2) is 11.5 Å². The fourth-order valence-electron chi connectivity index (χ4n) is 2.52. The van der Waals surface area contributed by atoms with Crippen LogP contribution < -0.4 is 20.1 Å². The average molecular weight is 350 g/mol. The molecule has 0 aromatic heterocycles. The van der Waals surface area contributed by atoms with Gasteiger partial charge in [-0.15, -0.1) is 0 Å². The van der Waals surface area contributed by atoms with E-state index in [0.29, 0.717) is 49.3 Å². The van der Waals surface area contributed by atoms with E-state index in [9.17, 15) is 9.59 Å². The molecule has 7 heteroatoms. The van der Waals surface area contributed by atoms with E-state index < -0.39 is 0 Å². The van der Waals surface area contributed by atoms with Crippen molar-refractivity contribution in [2.75, 3.05) is 39.5 Å². The summed E-state index contributed by atoms with van der Waals surface area (Å²) in [6.45, 7) is 6.66. The third-order valence-electron chi connectivity index (χ3n) is 3.83. The molecule has 1 unspecified atom stereocenters. The van der Waals surface area contributed by atoms with E-state index in [4.69, 9.17) is 14.2 Å². The highest BCUT2D eigenvalue weighted by atomic mass is 16.5. The first-order valence-corrected chi connectivity index (χ1v) is 8.66. The van der Waals surface area contributed by atoms with E-state index in [1.807, 2.05) is 13.8 Å². The van der Waals surface area contributed by atoms with Crippen LogP contribution in [-0.2, 0) is 9.53 Å². The molecule has 1 atom stereocenters. The fourth-order valence-corrected chi connectivity index (χ4v) is 2.52. The van der Waals surface area contributed by atoms with Crippen molar-refractivity contribution in [3.05, 3.63) is 23.8 Å². The van der Waals surface area contributed by atoms with Crippen LogP contribution >= 0.6 is 0 Å². The van der Waals surface area contributed by atoms with Gasteiger partial charge in [0.1, 0.15) is 0 Å². The highest BCUT2D eigenvalue weighted by Gasteiger charge is 2.17. The van der Waals surface area contributed by atoms with E-state index >= 15 is 0 Å². The van der Waals surface area contributed by atoms with E-state index in [0.717, 1.165) is 13.0 Å². The summed E-state index contributed by atoms with van der Waals surface area (Å²) >= 11 is 0. The summed E-state index contributed by atoms with van der Waals surface area (Å²) < 4.78 is 16.2. The van der Waals surface area contributed by atoms with Gasteiger partial charge in [-0.25, -0.2) is 0 Å². The maximum Gasteiger partial charge on any atom is 0.251 e. The summed E-state index contributed by atoms with van der Waals surface area (Å²) in [6, 6.07) is 4.97. The normalized spacial score (nSPS) is 16.3. The Hall–Kier alpha value is -2.28. The van der Waals surface area contributed by atoms with Gasteiger partial charge in [0.2, 0.25) is 5.91 Å². The monoisotopic (exact) mass is 350 g/mol. The molecule has 2 amide bonds. The van der Waals surface area contributed by atoms with Crippen LogP contribution in [0.4, 0.5) is 0 Å². The van der Waals surface area contributed by atoms with Crippen molar-refractivity contribution < 1.29 is 23.8 Å². The van der Waals surface area contributed by atoms with Crippen LogP contribution in [0.25, 0.3) is 0 Å². The zero-order valence-electron chi connectivity index (χ0n) is 14.8. The molecule has 138 valence electrons. The van der Waals surface area contributed by atoms with Crippen molar-refractivity contribution in [3.63, 3.8) is 0 Å². The molecule has 1 aliphatic rings. The quantitative estimate of drug-likeness (QED) is 0.702. The Bertz CT molecular complexity index is 585. The summed E-state index contributed by atoms with van der Waals surface area (Å²) in [4.78, 5) is 24.1. The highest BCUT2D eigenvalue weighted by molar-refractivity contribution is 5.97. The van der Waals surface area contributed by atoms with Gasteiger partial charge in [-0.1, -0.05) is 0 Å². The second kappa shape index (κ2) is 9.88. The topological polar surface area (TPSA) is 85.9 Å². The molecular formula is C18H26N2O5. The lowest BCUT2D eigenvalue weighted by atomic mass is 10.1. The van der Waals surface area contributed by atoms with Gasteiger partial charge in [0.25, 0.3) is 5.91 Å². The fraction of sp³-hybridized carbons (Fsp3) is 0.556. The maximum atomic E-state index is 12.2. The van der Waals surface area contributed by atoms with Gasteiger partial charge in [0, 0.05) is 24.6 Å². The van der Waals surface area contributed by atoms with E-state index in [-0.39, 0.29) is 18.4 Å². The second-order valence-corrected chi connectivity index (χ2v) is 5.74. The molecule has 1 aromatic rings. The molecule has 1 aliphatic heterocycles. The number of carbonyl (C=O) groups is 2. The SMILES string of the molecule is CCOc1ccc(C(=O)NCC(=O)NCC2CCOC2)cc1OCC. The molecule has 0 aliphatic carbocycles. The summed E-state index contributed by atoms with van der Waals surface area (Å²) in [5, 5.41) is 5.43. The average Bonchev–Trinajstić information content (AvgIpc) is 3.13. The van der Waals surface area contributed by atoms with Crippen LogP contribution in [0, 0.1) is 5.92 Å². The van der Waals surface area contributed by atoms with E-state index in [1.165, 1.54) is 0 Å². The van der Waals surface area contributed by atoms with Crippen LogP contribution in [0.5, 0.6) is 11.5 Å². The minimum absolute atomic E-state index is 0.0659. The minimum Gasteiger partial charge on any atom is -0.490 e. The summed E-state index contributed by atoms with van der Waals surface area (Å²) in [5.74, 6) is 0.930. The molecule has 1 aromatic carbocycles. The lowest BCUT2D eigenvalue weighted by Gasteiger charge is -2.13. The van der Waals surface area contributed by atoms with Crippen molar-refractivity contribution in [3.8, 4) is 11.5 Å². The van der Waals surface area contributed by atoms with E-state index in [1.54, 1.807) is 18.2 Å². The van der Waals surface area contributed by atoms with Gasteiger partial charge in [-0.3, -0.25) is 9.59 Å². The first-order valence-electron chi connectivity index (χ1n) is 8.66. The summed E-state index contributed by atoms with van der Waals surface area (Å²) in [7, 11) is 0. The molecule has 2 rings (SSSR count). The maximum absolute atomic E-state index is 12.2. The first kappa shape index (κ1) is 19.1. The number of benzene rings is 1. The molecule has 1 saturated heterocycles. The first-order chi connectivity index (χ1) is 12.1. The van der Waals surface area contributed by atoms with Crippen molar-refractivity contribution in [2.45, 2.75) is 20.3 Å². The highest BCUT2D eigenvalue weighted by Crippen LogP contribution is 2.28. The van der Waals surface area contributed by atoms with Gasteiger partial charge in [0.05, 0.1) is 26.4 Å². The lowest BCUT2D eigenvalue weighted by molar-refractivity contribution is -0.120. The molecule has 0 saturated carbocycles.